The van der Waals surface area contributed by atoms with Gasteiger partial charge in [-0.05, 0) is 18.2 Å². The summed E-state index contributed by atoms with van der Waals surface area (Å²) < 4.78 is 53.9. The highest BCUT2D eigenvalue weighted by Gasteiger charge is 2.19. The van der Waals surface area contributed by atoms with E-state index in [4.69, 9.17) is 0 Å². The number of hydrogen-bond donors (Lipinski definition) is 1. The van der Waals surface area contributed by atoms with Crippen LogP contribution in [0.1, 0.15) is 5.56 Å². The summed E-state index contributed by atoms with van der Waals surface area (Å²) in [6, 6.07) is 2.67. The van der Waals surface area contributed by atoms with E-state index in [-0.39, 0.29) is 11.3 Å². The number of hydrogen-bond acceptors (Lipinski definition) is 6. The molecule has 0 radical (unpaired) electrons. The molecular formula is C15H19F2N5O2S. The molecule has 10 heteroatoms. The van der Waals surface area contributed by atoms with Crippen LogP contribution in [0.4, 0.5) is 26.2 Å². The highest BCUT2D eigenvalue weighted by atomic mass is 32.2. The fraction of sp³-hybridized carbons (Fsp3) is 0.333. The monoisotopic (exact) mass is 371 g/mol. The smallest absolute Gasteiger partial charge is 0.237 e. The largest absolute Gasteiger partial charge is 0.361 e. The summed E-state index contributed by atoms with van der Waals surface area (Å²) in [5.41, 5.74) is -0.114. The van der Waals surface area contributed by atoms with E-state index in [9.17, 15) is 17.2 Å². The zero-order valence-corrected chi connectivity index (χ0v) is 15.1. The third kappa shape index (κ3) is 4.75. The summed E-state index contributed by atoms with van der Waals surface area (Å²) in [6.07, 6.45) is 1.33. The average Bonchev–Trinajstić information content (AvgIpc) is 2.50. The minimum Gasteiger partial charge on any atom is -0.361 e. The van der Waals surface area contributed by atoms with Gasteiger partial charge in [-0.15, -0.1) is 0 Å². The number of anilines is 3. The second-order valence-corrected chi connectivity index (χ2v) is 7.52. The standard InChI is InChI=1S/C15H19F2N5O2S/c1-21(2)14-13(8-18-15(19-14)22(3)4)20-25(23,24)9-10-7-11(16)5-6-12(10)17/h5-8,20H,9H2,1-4H3. The van der Waals surface area contributed by atoms with Crippen LogP contribution >= 0.6 is 0 Å². The molecule has 0 aliphatic carbocycles. The van der Waals surface area contributed by atoms with E-state index in [0.717, 1.165) is 18.2 Å². The first kappa shape index (κ1) is 18.8. The molecule has 7 nitrogen and oxygen atoms in total. The topological polar surface area (TPSA) is 78.4 Å². The molecule has 1 heterocycles. The Morgan fingerprint density at radius 2 is 1.80 bits per heavy atom. The fourth-order valence-electron chi connectivity index (χ4n) is 2.05. The summed E-state index contributed by atoms with van der Waals surface area (Å²) in [5, 5.41) is 0. The van der Waals surface area contributed by atoms with Gasteiger partial charge in [-0.25, -0.2) is 22.2 Å². The van der Waals surface area contributed by atoms with Crippen LogP contribution in [0, 0.1) is 11.6 Å². The lowest BCUT2D eigenvalue weighted by molar-refractivity contribution is 0.581. The predicted molar refractivity (Wildman–Crippen MR) is 93.3 cm³/mol. The van der Waals surface area contributed by atoms with E-state index in [1.165, 1.54) is 6.20 Å². The quantitative estimate of drug-likeness (QED) is 0.835. The van der Waals surface area contributed by atoms with Crippen LogP contribution in [0.15, 0.2) is 24.4 Å². The lowest BCUT2D eigenvalue weighted by atomic mass is 10.2. The highest BCUT2D eigenvalue weighted by molar-refractivity contribution is 7.91. The SMILES string of the molecule is CN(C)c1ncc(NS(=O)(=O)Cc2cc(F)ccc2F)c(N(C)C)n1. The van der Waals surface area contributed by atoms with Crippen LogP contribution in [-0.4, -0.2) is 46.6 Å². The van der Waals surface area contributed by atoms with Gasteiger partial charge in [0.25, 0.3) is 0 Å². The molecule has 0 unspecified atom stereocenters. The van der Waals surface area contributed by atoms with Gasteiger partial charge in [0.2, 0.25) is 16.0 Å². The van der Waals surface area contributed by atoms with Crippen LogP contribution < -0.4 is 14.5 Å². The molecule has 2 aromatic rings. The zero-order valence-electron chi connectivity index (χ0n) is 14.3. The lowest BCUT2D eigenvalue weighted by Crippen LogP contribution is -2.22. The molecule has 0 aliphatic rings. The first-order valence-corrected chi connectivity index (χ1v) is 8.90. The highest BCUT2D eigenvalue weighted by Crippen LogP contribution is 2.25. The number of sulfonamides is 1. The van der Waals surface area contributed by atoms with E-state index < -0.39 is 27.4 Å². The van der Waals surface area contributed by atoms with Gasteiger partial charge in [-0.1, -0.05) is 0 Å². The summed E-state index contributed by atoms with van der Waals surface area (Å²) in [5.74, 6) is -1.46. The maximum atomic E-state index is 13.7. The summed E-state index contributed by atoms with van der Waals surface area (Å²) >= 11 is 0. The minimum absolute atomic E-state index is 0.146. The summed E-state index contributed by atoms with van der Waals surface area (Å²) in [4.78, 5) is 11.6. The Labute approximate surface area is 145 Å². The molecule has 0 bridgehead atoms. The predicted octanol–water partition coefficient (Wildman–Crippen LogP) is 1.83. The molecule has 0 fully saturated rings. The van der Waals surface area contributed by atoms with Crippen molar-refractivity contribution in [2.24, 2.45) is 0 Å². The Morgan fingerprint density at radius 3 is 2.40 bits per heavy atom. The van der Waals surface area contributed by atoms with Gasteiger partial charge in [0.1, 0.15) is 17.3 Å². The Bertz CT molecular complexity index is 872. The van der Waals surface area contributed by atoms with Crippen molar-refractivity contribution in [2.45, 2.75) is 5.75 Å². The molecule has 0 atom stereocenters. The van der Waals surface area contributed by atoms with Crippen molar-refractivity contribution in [1.29, 1.82) is 0 Å². The number of benzene rings is 1. The summed E-state index contributed by atoms with van der Waals surface area (Å²) in [7, 11) is 2.92. The van der Waals surface area contributed by atoms with Gasteiger partial charge < -0.3 is 9.80 Å². The van der Waals surface area contributed by atoms with E-state index in [1.54, 1.807) is 38.0 Å². The van der Waals surface area contributed by atoms with E-state index in [1.807, 2.05) is 0 Å². The maximum absolute atomic E-state index is 13.7. The molecule has 0 aliphatic heterocycles. The number of rotatable bonds is 6. The molecule has 2 rings (SSSR count). The molecule has 1 aromatic carbocycles. The van der Waals surface area contributed by atoms with Gasteiger partial charge in [-0.2, -0.15) is 4.98 Å². The molecule has 0 spiro atoms. The molecule has 1 aromatic heterocycles. The molecule has 136 valence electrons. The van der Waals surface area contributed by atoms with Crippen LogP contribution in [0.3, 0.4) is 0 Å². The van der Waals surface area contributed by atoms with E-state index >= 15 is 0 Å². The number of nitrogens with one attached hydrogen (secondary N) is 1. The van der Waals surface area contributed by atoms with Gasteiger partial charge in [0, 0.05) is 33.8 Å². The average molecular weight is 371 g/mol. The number of aromatic nitrogens is 2. The molecule has 25 heavy (non-hydrogen) atoms. The van der Waals surface area contributed by atoms with Crippen molar-refractivity contribution >= 4 is 27.5 Å². The van der Waals surface area contributed by atoms with Crippen LogP contribution in [0.2, 0.25) is 0 Å². The lowest BCUT2D eigenvalue weighted by Gasteiger charge is -2.19. The van der Waals surface area contributed by atoms with Crippen LogP contribution in [0.25, 0.3) is 0 Å². The second-order valence-electron chi connectivity index (χ2n) is 5.79. The minimum atomic E-state index is -3.99. The van der Waals surface area contributed by atoms with E-state index in [0.29, 0.717) is 11.8 Å². The van der Waals surface area contributed by atoms with Gasteiger partial charge in [-0.3, -0.25) is 4.72 Å². The van der Waals surface area contributed by atoms with Gasteiger partial charge >= 0.3 is 0 Å². The normalized spacial score (nSPS) is 11.3. The third-order valence-corrected chi connectivity index (χ3v) is 4.42. The molecule has 0 saturated carbocycles. The van der Waals surface area contributed by atoms with Crippen molar-refractivity contribution in [3.05, 3.63) is 41.6 Å². The Balaban J connectivity index is 2.32. The van der Waals surface area contributed by atoms with E-state index in [2.05, 4.69) is 14.7 Å². The molecule has 0 saturated heterocycles. The van der Waals surface area contributed by atoms with Crippen molar-refractivity contribution in [3.8, 4) is 0 Å². The number of halogens is 2. The van der Waals surface area contributed by atoms with Crippen molar-refractivity contribution < 1.29 is 17.2 Å². The molecule has 1 N–H and O–H groups in total. The first-order valence-electron chi connectivity index (χ1n) is 7.25. The van der Waals surface area contributed by atoms with Crippen molar-refractivity contribution in [1.82, 2.24) is 9.97 Å². The van der Waals surface area contributed by atoms with Gasteiger partial charge in [0.15, 0.2) is 5.82 Å². The Hall–Kier alpha value is -2.49. The maximum Gasteiger partial charge on any atom is 0.237 e. The molecular weight excluding hydrogens is 352 g/mol. The number of nitrogens with zero attached hydrogens (tertiary/aromatic N) is 4. The Morgan fingerprint density at radius 1 is 1.12 bits per heavy atom. The first-order chi connectivity index (χ1) is 11.6. The third-order valence-electron chi connectivity index (χ3n) is 3.20. The van der Waals surface area contributed by atoms with Crippen molar-refractivity contribution in [3.63, 3.8) is 0 Å². The molecule has 0 amide bonds. The fourth-order valence-corrected chi connectivity index (χ4v) is 3.24. The zero-order chi connectivity index (χ0) is 18.8. The summed E-state index contributed by atoms with van der Waals surface area (Å²) in [6.45, 7) is 0. The second kappa shape index (κ2) is 7.18. The van der Waals surface area contributed by atoms with Gasteiger partial charge in [0.05, 0.1) is 11.9 Å². The van der Waals surface area contributed by atoms with Crippen molar-refractivity contribution in [2.75, 3.05) is 42.7 Å². The van der Waals surface area contributed by atoms with Crippen LogP contribution in [-0.2, 0) is 15.8 Å². The Kier molecular flexibility index (Phi) is 5.41. The van der Waals surface area contributed by atoms with Crippen LogP contribution in [0.5, 0.6) is 0 Å².